The quantitative estimate of drug-likeness (QED) is 0.356. The van der Waals surface area contributed by atoms with E-state index >= 15 is 0 Å². The number of aryl methyl sites for hydroxylation is 1. The zero-order valence-electron chi connectivity index (χ0n) is 11.8. The molecule has 9 heteroatoms. The standard InChI is InChI=1S/C12H13N2.CHF3O3S/c1-9-7-11-8-10-5-3-4-6-12(10)14(11)13(9)2;2-1(3,4)8(5,6)7/h3-7H,8H2,1-2H3;(H,5,6,7)/q+1;/p-1. The van der Waals surface area contributed by atoms with Crippen LogP contribution in [-0.2, 0) is 23.6 Å². The monoisotopic (exact) mass is 334 g/mol. The van der Waals surface area contributed by atoms with Gasteiger partial charge in [0.15, 0.2) is 10.1 Å². The summed E-state index contributed by atoms with van der Waals surface area (Å²) in [5.41, 5.74) is -0.176. The Bertz CT molecular complexity index is 810. The topological polar surface area (TPSA) is 66.0 Å². The van der Waals surface area contributed by atoms with E-state index in [1.807, 2.05) is 0 Å². The molecule has 120 valence electrons. The Balaban J connectivity index is 0.000000192. The molecule has 3 rings (SSSR count). The molecule has 2 heterocycles. The smallest absolute Gasteiger partial charge is 0.485 e. The van der Waals surface area contributed by atoms with Gasteiger partial charge in [-0.1, -0.05) is 22.9 Å². The molecule has 0 aliphatic carbocycles. The van der Waals surface area contributed by atoms with Gasteiger partial charge < -0.3 is 4.55 Å². The maximum absolute atomic E-state index is 10.7. The Morgan fingerprint density at radius 1 is 1.27 bits per heavy atom. The van der Waals surface area contributed by atoms with Crippen LogP contribution >= 0.6 is 0 Å². The van der Waals surface area contributed by atoms with E-state index in [1.54, 1.807) is 0 Å². The fourth-order valence-corrected chi connectivity index (χ4v) is 2.25. The van der Waals surface area contributed by atoms with Crippen molar-refractivity contribution in [3.05, 3.63) is 47.3 Å². The molecule has 5 nitrogen and oxygen atoms in total. The Morgan fingerprint density at radius 3 is 2.36 bits per heavy atom. The molecule has 0 amide bonds. The fraction of sp³-hybridized carbons (Fsp3) is 0.308. The number of rotatable bonds is 0. The third-order valence-corrected chi connectivity index (χ3v) is 3.90. The summed E-state index contributed by atoms with van der Waals surface area (Å²) in [4.78, 5) is 0. The van der Waals surface area contributed by atoms with Crippen molar-refractivity contribution in [2.45, 2.75) is 18.9 Å². The number of alkyl halides is 3. The molecule has 0 N–H and O–H groups in total. The number of para-hydroxylation sites is 1. The lowest BCUT2D eigenvalue weighted by Crippen LogP contribution is -2.39. The predicted molar refractivity (Wildman–Crippen MR) is 70.2 cm³/mol. The lowest BCUT2D eigenvalue weighted by atomic mass is 10.1. The van der Waals surface area contributed by atoms with Crippen LogP contribution in [-0.4, -0.2) is 23.2 Å². The van der Waals surface area contributed by atoms with Gasteiger partial charge in [-0.05, 0) is 6.92 Å². The summed E-state index contributed by atoms with van der Waals surface area (Å²) in [5.74, 6) is 0. The van der Waals surface area contributed by atoms with E-state index in [-0.39, 0.29) is 0 Å². The average Bonchev–Trinajstić information content (AvgIpc) is 2.85. The summed E-state index contributed by atoms with van der Waals surface area (Å²) in [6.07, 6.45) is 1.07. The Hall–Kier alpha value is -1.87. The normalized spacial score (nSPS) is 13.2. The second kappa shape index (κ2) is 5.40. The van der Waals surface area contributed by atoms with Crippen LogP contribution in [0.25, 0.3) is 5.69 Å². The molecule has 0 unspecified atom stereocenters. The van der Waals surface area contributed by atoms with Crippen LogP contribution in [0.2, 0.25) is 0 Å². The fourth-order valence-electron chi connectivity index (χ4n) is 2.25. The van der Waals surface area contributed by atoms with Gasteiger partial charge >= 0.3 is 5.51 Å². The molecule has 22 heavy (non-hydrogen) atoms. The van der Waals surface area contributed by atoms with Crippen LogP contribution in [0.5, 0.6) is 0 Å². The molecule has 1 aliphatic rings. The molecule has 0 fully saturated rings. The summed E-state index contributed by atoms with van der Waals surface area (Å²) in [6, 6.07) is 10.9. The van der Waals surface area contributed by atoms with E-state index in [0.29, 0.717) is 0 Å². The van der Waals surface area contributed by atoms with Gasteiger partial charge in [-0.3, -0.25) is 0 Å². The van der Waals surface area contributed by atoms with Crippen LogP contribution in [0.4, 0.5) is 13.2 Å². The molecule has 0 spiro atoms. The molecule has 2 aromatic rings. The second-order valence-corrected chi connectivity index (χ2v) is 6.19. The summed E-state index contributed by atoms with van der Waals surface area (Å²) < 4.78 is 63.4. The molecular weight excluding hydrogens is 321 g/mol. The number of benzene rings is 1. The molecule has 0 atom stereocenters. The van der Waals surface area contributed by atoms with Gasteiger partial charge in [-0.2, -0.15) is 17.9 Å². The van der Waals surface area contributed by atoms with Crippen LogP contribution in [0.1, 0.15) is 17.0 Å². The zero-order chi connectivity index (χ0) is 16.7. The van der Waals surface area contributed by atoms with Gasteiger partial charge in [-0.25, -0.2) is 8.42 Å². The van der Waals surface area contributed by atoms with Crippen LogP contribution in [0.3, 0.4) is 0 Å². The summed E-state index contributed by atoms with van der Waals surface area (Å²) in [6.45, 7) is 2.15. The number of aromatic nitrogens is 2. The Kier molecular flexibility index (Phi) is 4.05. The van der Waals surface area contributed by atoms with Crippen molar-refractivity contribution in [1.82, 2.24) is 4.68 Å². The first-order valence-corrected chi connectivity index (χ1v) is 7.61. The van der Waals surface area contributed by atoms with Gasteiger partial charge in [0.2, 0.25) is 11.4 Å². The van der Waals surface area contributed by atoms with Gasteiger partial charge in [0.05, 0.1) is 19.2 Å². The molecule has 0 radical (unpaired) electrons. The van der Waals surface area contributed by atoms with Gasteiger partial charge in [0, 0.05) is 17.7 Å². The third-order valence-electron chi connectivity index (χ3n) is 3.33. The Morgan fingerprint density at radius 2 is 1.82 bits per heavy atom. The first kappa shape index (κ1) is 16.5. The lowest BCUT2D eigenvalue weighted by Gasteiger charge is -2.08. The first-order valence-electron chi connectivity index (χ1n) is 6.20. The van der Waals surface area contributed by atoms with Gasteiger partial charge in [0.1, 0.15) is 0 Å². The first-order chi connectivity index (χ1) is 10.0. The second-order valence-electron chi connectivity index (χ2n) is 4.82. The minimum absolute atomic E-state index is 1.07. The number of fused-ring (bicyclic) bond motifs is 3. The summed E-state index contributed by atoms with van der Waals surface area (Å²) in [7, 11) is -3.98. The molecule has 0 saturated carbocycles. The molecular formula is C13H13F3N2O3S. The maximum Gasteiger partial charge on any atom is 0.485 e. The van der Waals surface area contributed by atoms with E-state index in [9.17, 15) is 13.2 Å². The largest absolute Gasteiger partial charge is 0.741 e. The van der Waals surface area contributed by atoms with E-state index < -0.39 is 15.6 Å². The van der Waals surface area contributed by atoms with Gasteiger partial charge in [0.25, 0.3) is 0 Å². The van der Waals surface area contributed by atoms with E-state index in [1.165, 1.54) is 22.6 Å². The van der Waals surface area contributed by atoms with Crippen LogP contribution in [0, 0.1) is 6.92 Å². The zero-order valence-corrected chi connectivity index (χ0v) is 12.6. The predicted octanol–water partition coefficient (Wildman–Crippen LogP) is 1.57. The van der Waals surface area contributed by atoms with Crippen molar-refractivity contribution in [3.8, 4) is 5.69 Å². The van der Waals surface area contributed by atoms with E-state index in [0.717, 1.165) is 6.42 Å². The van der Waals surface area contributed by atoms with Crippen molar-refractivity contribution < 1.29 is 30.8 Å². The highest BCUT2D eigenvalue weighted by molar-refractivity contribution is 7.86. The Labute approximate surface area is 125 Å². The minimum Gasteiger partial charge on any atom is -0.741 e. The minimum atomic E-state index is -6.09. The number of nitrogens with zero attached hydrogens (tertiary/aromatic N) is 2. The van der Waals surface area contributed by atoms with Crippen molar-refractivity contribution in [1.29, 1.82) is 0 Å². The molecule has 1 aromatic heterocycles. The van der Waals surface area contributed by atoms with Gasteiger partial charge in [-0.15, -0.1) is 0 Å². The highest BCUT2D eigenvalue weighted by Crippen LogP contribution is 2.21. The van der Waals surface area contributed by atoms with Crippen molar-refractivity contribution in [2.75, 3.05) is 0 Å². The average molecular weight is 334 g/mol. The molecule has 1 aliphatic heterocycles. The molecule has 1 aromatic carbocycles. The highest BCUT2D eigenvalue weighted by Gasteiger charge is 2.37. The van der Waals surface area contributed by atoms with E-state index in [2.05, 4.69) is 53.7 Å². The van der Waals surface area contributed by atoms with Crippen molar-refractivity contribution in [3.63, 3.8) is 0 Å². The lowest BCUT2D eigenvalue weighted by molar-refractivity contribution is -0.684. The molecule has 0 saturated heterocycles. The van der Waals surface area contributed by atoms with Crippen LogP contribution in [0.15, 0.2) is 30.3 Å². The number of halogens is 3. The maximum atomic E-state index is 10.7. The van der Waals surface area contributed by atoms with Crippen molar-refractivity contribution >= 4 is 10.1 Å². The number of hydrogen-bond acceptors (Lipinski definition) is 3. The number of hydrogen-bond donors (Lipinski definition) is 0. The van der Waals surface area contributed by atoms with E-state index in [4.69, 9.17) is 13.0 Å². The summed E-state index contributed by atoms with van der Waals surface area (Å²) >= 11 is 0. The SMILES string of the molecule is Cc1cc2[n+](n1C)-c1ccccc1C2.O=S(=O)([O-])C(F)(F)F. The molecule has 0 bridgehead atoms. The summed E-state index contributed by atoms with van der Waals surface area (Å²) in [5, 5.41) is 0. The van der Waals surface area contributed by atoms with Crippen molar-refractivity contribution in [2.24, 2.45) is 7.05 Å². The third kappa shape index (κ3) is 3.00. The highest BCUT2D eigenvalue weighted by atomic mass is 32.2. The van der Waals surface area contributed by atoms with Crippen LogP contribution < -0.4 is 4.68 Å².